The molecule has 0 aliphatic heterocycles. The molecule has 1 amide bonds. The van der Waals surface area contributed by atoms with Gasteiger partial charge in [-0.2, -0.15) is 0 Å². The molecule has 4 N–H and O–H groups in total. The number of aliphatic hydroxyl groups is 1. The van der Waals surface area contributed by atoms with Crippen molar-refractivity contribution < 1.29 is 14.6 Å². The lowest BCUT2D eigenvalue weighted by Gasteiger charge is -2.17. The van der Waals surface area contributed by atoms with E-state index in [1.165, 1.54) is 6.08 Å². The minimum absolute atomic E-state index is 0.221. The fourth-order valence-corrected chi connectivity index (χ4v) is 2.49. The maximum absolute atomic E-state index is 10.9. The van der Waals surface area contributed by atoms with Crippen LogP contribution >= 0.6 is 0 Å². The molecule has 0 saturated heterocycles. The maximum atomic E-state index is 10.9. The third-order valence-electron chi connectivity index (χ3n) is 3.77. The number of amides is 1. The number of primary amides is 1. The number of ether oxygens (including phenoxy) is 1. The molecule has 0 radical (unpaired) electrons. The number of nitrogens with two attached hydrogens (primary N) is 1. The highest BCUT2D eigenvalue weighted by Crippen LogP contribution is 2.27. The molecule has 26 heavy (non-hydrogen) atoms. The molecule has 0 unspecified atom stereocenters. The van der Waals surface area contributed by atoms with Crippen molar-refractivity contribution in [2.24, 2.45) is 5.73 Å². The molecule has 3 rings (SSSR count). The Hall–Kier alpha value is -3.12. The number of nitrogens with one attached hydrogen (secondary N) is 1. The summed E-state index contributed by atoms with van der Waals surface area (Å²) in [6.07, 6.45) is 6.56. The maximum Gasteiger partial charge on any atom is 0.241 e. The number of benzene rings is 1. The molecule has 0 atom stereocenters. The quantitative estimate of drug-likeness (QED) is 0.594. The molecule has 0 fully saturated rings. The monoisotopic (exact) mass is 351 g/mol. The number of pyridine rings is 1. The zero-order valence-corrected chi connectivity index (χ0v) is 14.7. The highest BCUT2D eigenvalue weighted by Gasteiger charge is 2.13. The summed E-state index contributed by atoms with van der Waals surface area (Å²) in [6.45, 7) is 3.62. The van der Waals surface area contributed by atoms with Gasteiger partial charge in [0.2, 0.25) is 5.91 Å². The second-order valence-electron chi connectivity index (χ2n) is 6.73. The molecule has 0 saturated carbocycles. The summed E-state index contributed by atoms with van der Waals surface area (Å²) in [5.74, 6) is 0.196. The van der Waals surface area contributed by atoms with Crippen molar-refractivity contribution in [3.8, 4) is 16.9 Å². The van der Waals surface area contributed by atoms with E-state index in [-0.39, 0.29) is 6.61 Å². The SMILES string of the molecule is CC(C)(O)COc1ccc(-c2cnc3[nH]cc(/C=C/C(N)=O)c3c2)cc1. The normalized spacial score (nSPS) is 12.0. The molecule has 2 aromatic heterocycles. The number of H-pyrrole nitrogens is 1. The van der Waals surface area contributed by atoms with Crippen LogP contribution in [-0.2, 0) is 4.79 Å². The van der Waals surface area contributed by atoms with Gasteiger partial charge in [-0.15, -0.1) is 0 Å². The number of hydrogen-bond acceptors (Lipinski definition) is 4. The molecule has 2 heterocycles. The number of hydrogen-bond donors (Lipinski definition) is 3. The lowest BCUT2D eigenvalue weighted by Crippen LogP contribution is -2.27. The molecule has 1 aromatic carbocycles. The Morgan fingerprint density at radius 2 is 2.04 bits per heavy atom. The number of aromatic nitrogens is 2. The van der Waals surface area contributed by atoms with E-state index in [0.717, 1.165) is 27.7 Å². The number of carbonyl (C=O) groups excluding carboxylic acids is 1. The van der Waals surface area contributed by atoms with Crippen LogP contribution in [0.15, 0.2) is 48.8 Å². The van der Waals surface area contributed by atoms with Crippen molar-refractivity contribution >= 4 is 23.0 Å². The number of aromatic amines is 1. The number of fused-ring (bicyclic) bond motifs is 1. The van der Waals surface area contributed by atoms with Crippen molar-refractivity contribution in [2.75, 3.05) is 6.61 Å². The predicted octanol–water partition coefficient (Wildman–Crippen LogP) is 2.88. The molecular formula is C20H21N3O3. The smallest absolute Gasteiger partial charge is 0.241 e. The number of carbonyl (C=O) groups is 1. The Bertz CT molecular complexity index is 951. The topological polar surface area (TPSA) is 101 Å². The van der Waals surface area contributed by atoms with E-state index in [1.807, 2.05) is 30.3 Å². The van der Waals surface area contributed by atoms with Gasteiger partial charge in [-0.05, 0) is 43.7 Å². The first-order valence-corrected chi connectivity index (χ1v) is 8.22. The van der Waals surface area contributed by atoms with Gasteiger partial charge in [0.15, 0.2) is 0 Å². The summed E-state index contributed by atoms with van der Waals surface area (Å²) in [5.41, 5.74) is 7.80. The van der Waals surface area contributed by atoms with Crippen LogP contribution in [0, 0.1) is 0 Å². The van der Waals surface area contributed by atoms with Crippen molar-refractivity contribution in [3.63, 3.8) is 0 Å². The molecule has 0 aliphatic rings. The number of rotatable bonds is 6. The van der Waals surface area contributed by atoms with E-state index in [0.29, 0.717) is 5.75 Å². The standard InChI is InChI=1S/C20H21N3O3/c1-20(2,25)12-26-16-6-3-13(4-7-16)15-9-17-14(5-8-18(21)24)10-22-19(17)23-11-15/h3-11,25H,12H2,1-2H3,(H2,21,24)(H,22,23)/b8-5+. The van der Waals surface area contributed by atoms with Crippen molar-refractivity contribution in [2.45, 2.75) is 19.4 Å². The number of nitrogens with zero attached hydrogens (tertiary/aromatic N) is 1. The van der Waals surface area contributed by atoms with Gasteiger partial charge < -0.3 is 20.6 Å². The Kier molecular flexibility index (Phi) is 4.77. The van der Waals surface area contributed by atoms with Gasteiger partial charge in [-0.25, -0.2) is 4.98 Å². The third kappa shape index (κ3) is 4.29. The summed E-state index contributed by atoms with van der Waals surface area (Å²) in [4.78, 5) is 18.4. The van der Waals surface area contributed by atoms with Crippen molar-refractivity contribution in [1.82, 2.24) is 9.97 Å². The van der Waals surface area contributed by atoms with Gasteiger partial charge in [0.05, 0.1) is 5.60 Å². The second kappa shape index (κ2) is 7.01. The van der Waals surface area contributed by atoms with Crippen LogP contribution in [0.2, 0.25) is 0 Å². The summed E-state index contributed by atoms with van der Waals surface area (Å²) < 4.78 is 5.57. The van der Waals surface area contributed by atoms with Crippen molar-refractivity contribution in [1.29, 1.82) is 0 Å². The van der Waals surface area contributed by atoms with Crippen LogP contribution in [-0.4, -0.2) is 33.2 Å². The van der Waals surface area contributed by atoms with Crippen LogP contribution in [0.3, 0.4) is 0 Å². The lowest BCUT2D eigenvalue weighted by atomic mass is 10.1. The van der Waals surface area contributed by atoms with Crippen molar-refractivity contribution in [3.05, 3.63) is 54.4 Å². The van der Waals surface area contributed by atoms with Gasteiger partial charge in [0.25, 0.3) is 0 Å². The molecule has 0 bridgehead atoms. The largest absolute Gasteiger partial charge is 0.491 e. The minimum atomic E-state index is -0.878. The fraction of sp³-hybridized carbons (Fsp3) is 0.200. The molecule has 0 aliphatic carbocycles. The Labute approximate surface area is 151 Å². The molecule has 3 aromatic rings. The Balaban J connectivity index is 1.85. The van der Waals surface area contributed by atoms with Gasteiger partial charge in [0.1, 0.15) is 18.0 Å². The second-order valence-corrected chi connectivity index (χ2v) is 6.73. The van der Waals surface area contributed by atoms with Crippen LogP contribution < -0.4 is 10.5 Å². The highest BCUT2D eigenvalue weighted by molar-refractivity contribution is 5.95. The third-order valence-corrected chi connectivity index (χ3v) is 3.77. The predicted molar refractivity (Wildman–Crippen MR) is 102 cm³/mol. The van der Waals surface area contributed by atoms with E-state index in [2.05, 4.69) is 9.97 Å². The van der Waals surface area contributed by atoms with Crippen LogP contribution in [0.25, 0.3) is 28.2 Å². The average molecular weight is 351 g/mol. The van der Waals surface area contributed by atoms with E-state index in [1.54, 1.807) is 32.3 Å². The zero-order chi connectivity index (χ0) is 18.7. The highest BCUT2D eigenvalue weighted by atomic mass is 16.5. The first-order chi connectivity index (χ1) is 12.3. The summed E-state index contributed by atoms with van der Waals surface area (Å²) in [5, 5.41) is 10.6. The van der Waals surface area contributed by atoms with Crippen LogP contribution in [0.1, 0.15) is 19.4 Å². The Morgan fingerprint density at radius 3 is 2.69 bits per heavy atom. The first-order valence-electron chi connectivity index (χ1n) is 8.22. The van der Waals surface area contributed by atoms with Gasteiger partial charge >= 0.3 is 0 Å². The summed E-state index contributed by atoms with van der Waals surface area (Å²) in [6, 6.07) is 9.60. The fourth-order valence-electron chi connectivity index (χ4n) is 2.49. The van der Waals surface area contributed by atoms with Gasteiger partial charge in [0, 0.05) is 35.0 Å². The first kappa shape index (κ1) is 17.7. The Morgan fingerprint density at radius 1 is 1.31 bits per heavy atom. The van der Waals surface area contributed by atoms with E-state index < -0.39 is 11.5 Å². The molecule has 0 spiro atoms. The lowest BCUT2D eigenvalue weighted by molar-refractivity contribution is -0.113. The molecule has 134 valence electrons. The molecule has 6 heteroatoms. The van der Waals surface area contributed by atoms with E-state index >= 15 is 0 Å². The van der Waals surface area contributed by atoms with Gasteiger partial charge in [-0.3, -0.25) is 4.79 Å². The minimum Gasteiger partial charge on any atom is -0.491 e. The van der Waals surface area contributed by atoms with Crippen LogP contribution in [0.4, 0.5) is 0 Å². The summed E-state index contributed by atoms with van der Waals surface area (Å²) in [7, 11) is 0. The summed E-state index contributed by atoms with van der Waals surface area (Å²) >= 11 is 0. The zero-order valence-electron chi connectivity index (χ0n) is 14.7. The average Bonchev–Trinajstić information content (AvgIpc) is 3.00. The van der Waals surface area contributed by atoms with E-state index in [9.17, 15) is 9.90 Å². The van der Waals surface area contributed by atoms with E-state index in [4.69, 9.17) is 10.5 Å². The molecule has 6 nitrogen and oxygen atoms in total. The molecular weight excluding hydrogens is 330 g/mol. The van der Waals surface area contributed by atoms with Crippen LogP contribution in [0.5, 0.6) is 5.75 Å². The van der Waals surface area contributed by atoms with Gasteiger partial charge in [-0.1, -0.05) is 12.1 Å².